The van der Waals surface area contributed by atoms with Crippen molar-refractivity contribution in [1.29, 1.82) is 0 Å². The fourth-order valence-electron chi connectivity index (χ4n) is 2.17. The third-order valence-corrected chi connectivity index (χ3v) is 3.18. The quantitative estimate of drug-likeness (QED) is 0.748. The minimum atomic E-state index is -1.04. The van der Waals surface area contributed by atoms with Gasteiger partial charge in [-0.2, -0.15) is 0 Å². The smallest absolute Gasteiger partial charge is 0.335 e. The Morgan fingerprint density at radius 1 is 1.00 bits per heavy atom. The summed E-state index contributed by atoms with van der Waals surface area (Å²) in [7, 11) is 0. The van der Waals surface area contributed by atoms with Crippen LogP contribution in [0.2, 0.25) is 0 Å². The number of rotatable bonds is 2. The van der Waals surface area contributed by atoms with Crippen LogP contribution in [0.1, 0.15) is 10.4 Å². The van der Waals surface area contributed by atoms with Gasteiger partial charge in [-0.3, -0.25) is 4.79 Å². The molecule has 2 aromatic carbocycles. The van der Waals surface area contributed by atoms with Crippen molar-refractivity contribution in [2.75, 3.05) is 0 Å². The highest BCUT2D eigenvalue weighted by atomic mass is 16.4. The second kappa shape index (κ2) is 4.66. The zero-order chi connectivity index (χ0) is 14.1. The van der Waals surface area contributed by atoms with Crippen LogP contribution in [0.15, 0.2) is 59.4 Å². The molecule has 2 N–H and O–H groups in total. The van der Waals surface area contributed by atoms with Crippen LogP contribution in [0, 0.1) is 0 Å². The molecule has 4 nitrogen and oxygen atoms in total. The number of hydrogen-bond acceptors (Lipinski definition) is 2. The number of carboxylic acid groups (broad SMARTS) is 1. The molecule has 0 aliphatic carbocycles. The minimum absolute atomic E-state index is 0.107. The van der Waals surface area contributed by atoms with E-state index in [1.54, 1.807) is 6.07 Å². The Morgan fingerprint density at radius 2 is 1.75 bits per heavy atom. The zero-order valence-corrected chi connectivity index (χ0v) is 10.5. The van der Waals surface area contributed by atoms with Crippen molar-refractivity contribution >= 4 is 16.7 Å². The summed E-state index contributed by atoms with van der Waals surface area (Å²) in [6.45, 7) is 0. The number of pyridine rings is 1. The van der Waals surface area contributed by atoms with Crippen LogP contribution in [-0.4, -0.2) is 16.1 Å². The monoisotopic (exact) mass is 265 g/mol. The summed E-state index contributed by atoms with van der Waals surface area (Å²) in [5.74, 6) is -1.04. The van der Waals surface area contributed by atoms with Crippen LogP contribution >= 0.6 is 0 Å². The van der Waals surface area contributed by atoms with Crippen molar-refractivity contribution < 1.29 is 9.90 Å². The van der Waals surface area contributed by atoms with E-state index in [4.69, 9.17) is 5.11 Å². The van der Waals surface area contributed by atoms with Crippen molar-refractivity contribution in [2.45, 2.75) is 0 Å². The molecule has 0 amide bonds. The molecule has 4 heteroatoms. The first kappa shape index (κ1) is 12.2. The van der Waals surface area contributed by atoms with E-state index in [-0.39, 0.29) is 11.1 Å². The Balaban J connectivity index is 2.24. The summed E-state index contributed by atoms with van der Waals surface area (Å²) in [5, 5.41) is 10.1. The fraction of sp³-hybridized carbons (Fsp3) is 0. The van der Waals surface area contributed by atoms with Crippen molar-refractivity contribution in [3.05, 3.63) is 70.5 Å². The second-order valence-electron chi connectivity index (χ2n) is 4.49. The Labute approximate surface area is 114 Å². The van der Waals surface area contributed by atoms with Gasteiger partial charge in [-0.25, -0.2) is 4.79 Å². The number of carboxylic acids is 1. The third-order valence-electron chi connectivity index (χ3n) is 3.18. The molecule has 98 valence electrons. The molecule has 0 aliphatic rings. The van der Waals surface area contributed by atoms with Crippen molar-refractivity contribution in [3.8, 4) is 11.3 Å². The lowest BCUT2D eigenvalue weighted by Crippen LogP contribution is -2.08. The Morgan fingerprint density at radius 3 is 2.45 bits per heavy atom. The van der Waals surface area contributed by atoms with E-state index in [9.17, 15) is 9.59 Å². The summed E-state index contributed by atoms with van der Waals surface area (Å²) < 4.78 is 0. The van der Waals surface area contributed by atoms with Crippen LogP contribution in [0.3, 0.4) is 0 Å². The molecule has 0 spiro atoms. The topological polar surface area (TPSA) is 70.2 Å². The molecule has 0 saturated heterocycles. The molecule has 20 heavy (non-hydrogen) atoms. The van der Waals surface area contributed by atoms with Gasteiger partial charge in [0.2, 0.25) is 0 Å². The standard InChI is InChI=1S/C16H11NO3/c18-15-13-8-12(16(19)20)7-6-11(13)9-14(17-15)10-4-2-1-3-5-10/h1-9H,(H,17,18)(H,19,20). The number of fused-ring (bicyclic) bond motifs is 1. The number of aromatic nitrogens is 1. The molecule has 0 fully saturated rings. The zero-order valence-electron chi connectivity index (χ0n) is 10.5. The van der Waals surface area contributed by atoms with E-state index in [0.29, 0.717) is 11.1 Å². The number of hydrogen-bond donors (Lipinski definition) is 2. The number of aromatic amines is 1. The highest BCUT2D eigenvalue weighted by Gasteiger charge is 2.08. The van der Waals surface area contributed by atoms with E-state index in [0.717, 1.165) is 10.9 Å². The molecule has 0 radical (unpaired) electrons. The first-order valence-electron chi connectivity index (χ1n) is 6.11. The van der Waals surface area contributed by atoms with Gasteiger partial charge in [0.15, 0.2) is 0 Å². The van der Waals surface area contributed by atoms with Gasteiger partial charge in [-0.05, 0) is 29.1 Å². The van der Waals surface area contributed by atoms with Gasteiger partial charge in [0.25, 0.3) is 5.56 Å². The normalized spacial score (nSPS) is 10.6. The van der Waals surface area contributed by atoms with Crippen molar-refractivity contribution in [1.82, 2.24) is 4.98 Å². The molecule has 3 rings (SSSR count). The van der Waals surface area contributed by atoms with Crippen LogP contribution in [0.5, 0.6) is 0 Å². The first-order chi connectivity index (χ1) is 9.65. The Hall–Kier alpha value is -2.88. The van der Waals surface area contributed by atoms with Gasteiger partial charge in [-0.1, -0.05) is 36.4 Å². The largest absolute Gasteiger partial charge is 0.478 e. The molecular formula is C16H11NO3. The summed E-state index contributed by atoms with van der Waals surface area (Å²) in [5.41, 5.74) is 1.44. The molecule has 1 aromatic heterocycles. The number of nitrogens with one attached hydrogen (secondary N) is 1. The first-order valence-corrected chi connectivity index (χ1v) is 6.11. The molecule has 0 unspecified atom stereocenters. The highest BCUT2D eigenvalue weighted by Crippen LogP contribution is 2.20. The number of benzene rings is 2. The van der Waals surface area contributed by atoms with E-state index >= 15 is 0 Å². The van der Waals surface area contributed by atoms with Gasteiger partial charge in [0.05, 0.1) is 5.56 Å². The number of aromatic carboxylic acids is 1. The van der Waals surface area contributed by atoms with Gasteiger partial charge in [0.1, 0.15) is 0 Å². The average Bonchev–Trinajstić information content (AvgIpc) is 2.47. The summed E-state index contributed by atoms with van der Waals surface area (Å²) in [6.07, 6.45) is 0. The predicted octanol–water partition coefficient (Wildman–Crippen LogP) is 2.89. The third kappa shape index (κ3) is 2.07. The number of carbonyl (C=O) groups is 1. The molecule has 0 bridgehead atoms. The van der Waals surface area contributed by atoms with Gasteiger partial charge < -0.3 is 10.1 Å². The van der Waals surface area contributed by atoms with Crippen LogP contribution in [-0.2, 0) is 0 Å². The molecule has 0 aliphatic heterocycles. The molecule has 0 atom stereocenters. The Bertz CT molecular complexity index is 850. The molecular weight excluding hydrogens is 254 g/mol. The molecule has 0 saturated carbocycles. The lowest BCUT2D eigenvalue weighted by Gasteiger charge is -2.04. The van der Waals surface area contributed by atoms with Crippen LogP contribution in [0.4, 0.5) is 0 Å². The minimum Gasteiger partial charge on any atom is -0.478 e. The second-order valence-corrected chi connectivity index (χ2v) is 4.49. The lowest BCUT2D eigenvalue weighted by molar-refractivity contribution is 0.0697. The number of H-pyrrole nitrogens is 1. The van der Waals surface area contributed by atoms with Gasteiger partial charge >= 0.3 is 5.97 Å². The van der Waals surface area contributed by atoms with Crippen LogP contribution in [0.25, 0.3) is 22.0 Å². The molecule has 3 aromatic rings. The summed E-state index contributed by atoms with van der Waals surface area (Å²) in [4.78, 5) is 25.8. The predicted molar refractivity (Wildman–Crippen MR) is 77.0 cm³/mol. The Kier molecular flexibility index (Phi) is 2.84. The fourth-order valence-corrected chi connectivity index (χ4v) is 2.17. The van der Waals surface area contributed by atoms with Crippen LogP contribution < -0.4 is 5.56 Å². The lowest BCUT2D eigenvalue weighted by atomic mass is 10.1. The maximum atomic E-state index is 12.1. The van der Waals surface area contributed by atoms with E-state index in [1.807, 2.05) is 36.4 Å². The van der Waals surface area contributed by atoms with E-state index in [1.165, 1.54) is 12.1 Å². The van der Waals surface area contributed by atoms with Gasteiger partial charge in [0, 0.05) is 11.1 Å². The van der Waals surface area contributed by atoms with E-state index in [2.05, 4.69) is 4.98 Å². The SMILES string of the molecule is O=C(O)c1ccc2cc(-c3ccccc3)[nH]c(=O)c2c1. The highest BCUT2D eigenvalue weighted by molar-refractivity contribution is 5.94. The van der Waals surface area contributed by atoms with Crippen molar-refractivity contribution in [2.24, 2.45) is 0 Å². The molecule has 1 heterocycles. The van der Waals surface area contributed by atoms with E-state index < -0.39 is 5.97 Å². The van der Waals surface area contributed by atoms with Crippen molar-refractivity contribution in [3.63, 3.8) is 0 Å². The summed E-state index contributed by atoms with van der Waals surface area (Å²) >= 11 is 0. The maximum absolute atomic E-state index is 12.1. The summed E-state index contributed by atoms with van der Waals surface area (Å²) in [6, 6.07) is 15.9. The maximum Gasteiger partial charge on any atom is 0.335 e. The van der Waals surface area contributed by atoms with Gasteiger partial charge in [-0.15, -0.1) is 0 Å². The average molecular weight is 265 g/mol.